The zero-order chi connectivity index (χ0) is 20.1. The predicted molar refractivity (Wildman–Crippen MR) is 111 cm³/mol. The number of nitrogens with zero attached hydrogens (tertiary/aromatic N) is 1. The second-order valence-corrected chi connectivity index (χ2v) is 6.85. The second-order valence-electron chi connectivity index (χ2n) is 6.47. The standard InChI is InChI=1S/C21H25FN2O3S/c1-4-23-21(28)24-10-9-14-11-19(25-2)20(26-3)12-17(14)18(24)13-27-16-7-5-15(22)6-8-16/h5-8,11-12,18H,4,9-10,13H2,1-3H3,(H,23,28)/t18-/m0/s1. The minimum absolute atomic E-state index is 0.0971. The lowest BCUT2D eigenvalue weighted by Gasteiger charge is -2.39. The Kier molecular flexibility index (Phi) is 6.57. The molecule has 2 aromatic carbocycles. The van der Waals surface area contributed by atoms with Gasteiger partial charge in [0.15, 0.2) is 16.6 Å². The Balaban J connectivity index is 1.92. The Labute approximate surface area is 170 Å². The molecule has 0 aromatic heterocycles. The quantitative estimate of drug-likeness (QED) is 0.741. The molecule has 0 saturated heterocycles. The first-order chi connectivity index (χ1) is 13.6. The van der Waals surface area contributed by atoms with E-state index in [0.29, 0.717) is 29.0 Å². The average Bonchev–Trinajstić information content (AvgIpc) is 2.72. The van der Waals surface area contributed by atoms with Gasteiger partial charge in [0.1, 0.15) is 18.2 Å². The van der Waals surface area contributed by atoms with E-state index in [1.807, 2.05) is 19.1 Å². The number of nitrogens with one attached hydrogen (secondary N) is 1. The van der Waals surface area contributed by atoms with Gasteiger partial charge in [-0.05, 0) is 73.1 Å². The van der Waals surface area contributed by atoms with Gasteiger partial charge in [0, 0.05) is 13.1 Å². The third-order valence-corrected chi connectivity index (χ3v) is 5.19. The van der Waals surface area contributed by atoms with Gasteiger partial charge in [0.05, 0.1) is 20.3 Å². The fourth-order valence-electron chi connectivity index (χ4n) is 3.41. The molecule has 3 rings (SSSR count). The van der Waals surface area contributed by atoms with Gasteiger partial charge in [-0.25, -0.2) is 4.39 Å². The summed E-state index contributed by atoms with van der Waals surface area (Å²) in [7, 11) is 3.26. The van der Waals surface area contributed by atoms with E-state index in [2.05, 4.69) is 10.2 Å². The van der Waals surface area contributed by atoms with Gasteiger partial charge in [0.2, 0.25) is 0 Å². The summed E-state index contributed by atoms with van der Waals surface area (Å²) in [6, 6.07) is 9.94. The van der Waals surface area contributed by atoms with Crippen molar-refractivity contribution in [1.29, 1.82) is 0 Å². The molecule has 0 aliphatic carbocycles. The van der Waals surface area contributed by atoms with Crippen LogP contribution in [0.5, 0.6) is 17.2 Å². The number of hydrogen-bond donors (Lipinski definition) is 1. The second kappa shape index (κ2) is 9.10. The zero-order valence-corrected chi connectivity index (χ0v) is 17.1. The maximum Gasteiger partial charge on any atom is 0.169 e. The largest absolute Gasteiger partial charge is 0.493 e. The molecule has 1 N–H and O–H groups in total. The summed E-state index contributed by atoms with van der Waals surface area (Å²) in [6.45, 7) is 3.91. The van der Waals surface area contributed by atoms with Gasteiger partial charge < -0.3 is 24.4 Å². The third kappa shape index (κ3) is 4.30. The minimum atomic E-state index is -0.290. The lowest BCUT2D eigenvalue weighted by Crippen LogP contribution is -2.47. The highest BCUT2D eigenvalue weighted by molar-refractivity contribution is 7.80. The highest BCUT2D eigenvalue weighted by Crippen LogP contribution is 2.38. The molecule has 0 saturated carbocycles. The lowest BCUT2D eigenvalue weighted by molar-refractivity contribution is 0.187. The molecule has 0 radical (unpaired) electrons. The molecule has 2 aromatic rings. The van der Waals surface area contributed by atoms with E-state index in [1.165, 1.54) is 17.7 Å². The summed E-state index contributed by atoms with van der Waals surface area (Å²) in [6.07, 6.45) is 0.842. The van der Waals surface area contributed by atoms with E-state index in [4.69, 9.17) is 26.4 Å². The Morgan fingerprint density at radius 3 is 2.50 bits per heavy atom. The fraction of sp³-hybridized carbons (Fsp3) is 0.381. The normalized spacial score (nSPS) is 15.6. The van der Waals surface area contributed by atoms with Gasteiger partial charge >= 0.3 is 0 Å². The van der Waals surface area contributed by atoms with Gasteiger partial charge in [-0.15, -0.1) is 0 Å². The van der Waals surface area contributed by atoms with Crippen LogP contribution < -0.4 is 19.5 Å². The molecular weight excluding hydrogens is 379 g/mol. The first kappa shape index (κ1) is 20.2. The molecule has 0 unspecified atom stereocenters. The molecule has 7 heteroatoms. The summed E-state index contributed by atoms with van der Waals surface area (Å²) >= 11 is 5.59. The zero-order valence-electron chi connectivity index (χ0n) is 16.3. The van der Waals surface area contributed by atoms with Crippen molar-refractivity contribution in [2.45, 2.75) is 19.4 Å². The van der Waals surface area contributed by atoms with Crippen LogP contribution in [0.3, 0.4) is 0 Å². The first-order valence-corrected chi connectivity index (χ1v) is 9.65. The van der Waals surface area contributed by atoms with Crippen molar-refractivity contribution in [3.8, 4) is 17.2 Å². The van der Waals surface area contributed by atoms with Crippen molar-refractivity contribution >= 4 is 17.3 Å². The van der Waals surface area contributed by atoms with Gasteiger partial charge in [-0.1, -0.05) is 0 Å². The van der Waals surface area contributed by atoms with Crippen molar-refractivity contribution < 1.29 is 18.6 Å². The van der Waals surface area contributed by atoms with Gasteiger partial charge in [-0.3, -0.25) is 0 Å². The van der Waals surface area contributed by atoms with Crippen LogP contribution in [-0.2, 0) is 6.42 Å². The number of methoxy groups -OCH3 is 2. The lowest BCUT2D eigenvalue weighted by atomic mass is 9.92. The van der Waals surface area contributed by atoms with Crippen molar-refractivity contribution in [2.75, 3.05) is 33.9 Å². The Hall–Kier alpha value is -2.54. The molecule has 0 bridgehead atoms. The molecule has 1 heterocycles. The fourth-order valence-corrected chi connectivity index (χ4v) is 3.77. The molecular formula is C21H25FN2O3S. The molecule has 0 amide bonds. The average molecular weight is 405 g/mol. The summed E-state index contributed by atoms with van der Waals surface area (Å²) in [5, 5.41) is 3.92. The number of hydrogen-bond acceptors (Lipinski definition) is 4. The van der Waals surface area contributed by atoms with Crippen LogP contribution >= 0.6 is 12.2 Å². The van der Waals surface area contributed by atoms with E-state index in [-0.39, 0.29) is 11.9 Å². The van der Waals surface area contributed by atoms with Crippen LogP contribution in [0.25, 0.3) is 0 Å². The molecule has 1 atom stereocenters. The van der Waals surface area contributed by atoms with E-state index in [9.17, 15) is 4.39 Å². The van der Waals surface area contributed by atoms with Crippen LogP contribution in [0.4, 0.5) is 4.39 Å². The molecule has 0 fully saturated rings. The monoisotopic (exact) mass is 404 g/mol. The summed E-state index contributed by atoms with van der Waals surface area (Å²) < 4.78 is 30.1. The topological polar surface area (TPSA) is 43.0 Å². The molecule has 0 spiro atoms. The maximum atomic E-state index is 13.2. The number of thiocarbonyl (C=S) groups is 1. The first-order valence-electron chi connectivity index (χ1n) is 9.25. The molecule has 1 aliphatic heterocycles. The van der Waals surface area contributed by atoms with E-state index >= 15 is 0 Å². The van der Waals surface area contributed by atoms with E-state index < -0.39 is 0 Å². The maximum absolute atomic E-state index is 13.2. The number of halogens is 1. The van der Waals surface area contributed by atoms with Gasteiger partial charge in [0.25, 0.3) is 0 Å². The van der Waals surface area contributed by atoms with E-state index in [0.717, 1.165) is 25.1 Å². The molecule has 1 aliphatic rings. The Morgan fingerprint density at radius 2 is 1.86 bits per heavy atom. The predicted octanol–water partition coefficient (Wildman–Crippen LogP) is 3.72. The minimum Gasteiger partial charge on any atom is -0.493 e. The molecule has 5 nitrogen and oxygen atoms in total. The van der Waals surface area contributed by atoms with Gasteiger partial charge in [-0.2, -0.15) is 0 Å². The van der Waals surface area contributed by atoms with E-state index in [1.54, 1.807) is 26.4 Å². The smallest absolute Gasteiger partial charge is 0.169 e. The number of fused-ring (bicyclic) bond motifs is 1. The Morgan fingerprint density at radius 1 is 1.18 bits per heavy atom. The Bertz CT molecular complexity index is 829. The summed E-state index contributed by atoms with van der Waals surface area (Å²) in [4.78, 5) is 2.14. The highest BCUT2D eigenvalue weighted by Gasteiger charge is 2.31. The van der Waals surface area contributed by atoms with Crippen LogP contribution in [0.2, 0.25) is 0 Å². The van der Waals surface area contributed by atoms with Crippen molar-refractivity contribution in [3.63, 3.8) is 0 Å². The van der Waals surface area contributed by atoms with Crippen LogP contribution in [0.15, 0.2) is 36.4 Å². The van der Waals surface area contributed by atoms with Crippen molar-refractivity contribution in [2.24, 2.45) is 0 Å². The van der Waals surface area contributed by atoms with Crippen molar-refractivity contribution in [1.82, 2.24) is 10.2 Å². The van der Waals surface area contributed by atoms with Crippen LogP contribution in [-0.4, -0.2) is 43.9 Å². The number of rotatable bonds is 6. The third-order valence-electron chi connectivity index (χ3n) is 4.81. The SMILES string of the molecule is CCNC(=S)N1CCc2cc(OC)c(OC)cc2[C@@H]1COc1ccc(F)cc1. The molecule has 28 heavy (non-hydrogen) atoms. The number of ether oxygens (including phenoxy) is 3. The highest BCUT2D eigenvalue weighted by atomic mass is 32.1. The summed E-state index contributed by atoms with van der Waals surface area (Å²) in [5.41, 5.74) is 2.27. The number of benzene rings is 2. The summed E-state index contributed by atoms with van der Waals surface area (Å²) in [5.74, 6) is 1.71. The van der Waals surface area contributed by atoms with Crippen LogP contribution in [0, 0.1) is 5.82 Å². The van der Waals surface area contributed by atoms with Crippen LogP contribution in [0.1, 0.15) is 24.1 Å². The van der Waals surface area contributed by atoms with Crippen molar-refractivity contribution in [3.05, 3.63) is 53.3 Å². The molecule has 150 valence electrons.